The molecule has 9 heteroatoms. The van der Waals surface area contributed by atoms with Crippen molar-refractivity contribution in [2.75, 3.05) is 6.61 Å². The normalized spacial score (nSPS) is 14.4. The molecule has 172 valence electrons. The van der Waals surface area contributed by atoms with E-state index in [0.717, 1.165) is 62.8 Å². The molecule has 1 fully saturated rings. The Labute approximate surface area is 200 Å². The monoisotopic (exact) mass is 482 g/mol. The minimum Gasteiger partial charge on any atom is -0.493 e. The molecule has 0 saturated heterocycles. The fourth-order valence-corrected chi connectivity index (χ4v) is 6.33. The molecule has 3 aromatic heterocycles. The summed E-state index contributed by atoms with van der Waals surface area (Å²) in [5.41, 5.74) is 1.92. The average molecular weight is 483 g/mol. The predicted octanol–water partition coefficient (Wildman–Crippen LogP) is 5.93. The number of thioether (sulfide) groups is 1. The lowest BCUT2D eigenvalue weighted by atomic mass is 10.2. The molecule has 1 aliphatic carbocycles. The van der Waals surface area contributed by atoms with E-state index in [-0.39, 0.29) is 11.6 Å². The maximum Gasteiger partial charge on any atom is 0.263 e. The van der Waals surface area contributed by atoms with Crippen LogP contribution in [0.2, 0.25) is 0 Å². The molecule has 5 rings (SSSR count). The number of hydrogen-bond donors (Lipinski definition) is 0. The van der Waals surface area contributed by atoms with Gasteiger partial charge >= 0.3 is 0 Å². The zero-order chi connectivity index (χ0) is 22.9. The van der Waals surface area contributed by atoms with Crippen molar-refractivity contribution in [2.24, 2.45) is 0 Å². The Balaban J connectivity index is 1.46. The van der Waals surface area contributed by atoms with Crippen LogP contribution in [0.15, 0.2) is 38.7 Å². The van der Waals surface area contributed by atoms with Gasteiger partial charge in [0.15, 0.2) is 5.16 Å². The first-order valence-corrected chi connectivity index (χ1v) is 13.1. The first kappa shape index (κ1) is 22.2. The lowest BCUT2D eigenvalue weighted by molar-refractivity contribution is 0.341. The molecule has 0 amide bonds. The van der Waals surface area contributed by atoms with Crippen molar-refractivity contribution in [2.45, 2.75) is 63.4 Å². The standard InChI is InChI=1S/C24H26N4O3S2/c1-4-30-18-12-8-7-11-17(18)21-25-19(31-27-21)13-32-24-26-22-20(14(2)15(3)33-22)23(29)28(24)16-9-5-6-10-16/h7-8,11-12,16H,4-6,9-10,13H2,1-3H3. The highest BCUT2D eigenvalue weighted by Crippen LogP contribution is 2.35. The largest absolute Gasteiger partial charge is 0.493 e. The molecule has 0 atom stereocenters. The van der Waals surface area contributed by atoms with Crippen LogP contribution in [-0.2, 0) is 5.75 Å². The molecule has 3 heterocycles. The number of nitrogens with zero attached hydrogens (tertiary/aromatic N) is 4. The number of para-hydroxylation sites is 1. The zero-order valence-electron chi connectivity index (χ0n) is 19.0. The van der Waals surface area contributed by atoms with Gasteiger partial charge in [-0.05, 0) is 51.3 Å². The van der Waals surface area contributed by atoms with E-state index in [9.17, 15) is 4.79 Å². The summed E-state index contributed by atoms with van der Waals surface area (Å²) in [5.74, 6) is 2.16. The summed E-state index contributed by atoms with van der Waals surface area (Å²) in [4.78, 5) is 25.0. The molecular weight excluding hydrogens is 456 g/mol. The number of thiophene rings is 1. The minimum absolute atomic E-state index is 0.0770. The van der Waals surface area contributed by atoms with Gasteiger partial charge in [-0.15, -0.1) is 11.3 Å². The first-order chi connectivity index (χ1) is 16.1. The highest BCUT2D eigenvalue weighted by molar-refractivity contribution is 7.98. The smallest absolute Gasteiger partial charge is 0.263 e. The van der Waals surface area contributed by atoms with Crippen LogP contribution in [0.4, 0.5) is 0 Å². The van der Waals surface area contributed by atoms with Crippen molar-refractivity contribution in [3.05, 3.63) is 51.0 Å². The van der Waals surface area contributed by atoms with Crippen molar-refractivity contribution in [3.63, 3.8) is 0 Å². The van der Waals surface area contributed by atoms with Gasteiger partial charge in [0, 0.05) is 10.9 Å². The van der Waals surface area contributed by atoms with Crippen molar-refractivity contribution in [3.8, 4) is 17.1 Å². The summed E-state index contributed by atoms with van der Waals surface area (Å²) in [7, 11) is 0. The van der Waals surface area contributed by atoms with E-state index in [1.165, 1.54) is 11.8 Å². The van der Waals surface area contributed by atoms with E-state index in [1.54, 1.807) is 11.3 Å². The summed E-state index contributed by atoms with van der Waals surface area (Å²) < 4.78 is 13.1. The maximum atomic E-state index is 13.5. The second kappa shape index (κ2) is 9.30. The minimum atomic E-state index is 0.0770. The third-order valence-electron chi connectivity index (χ3n) is 6.11. The first-order valence-electron chi connectivity index (χ1n) is 11.3. The summed E-state index contributed by atoms with van der Waals surface area (Å²) in [5, 5.41) is 5.65. The molecule has 1 aromatic carbocycles. The molecule has 1 aliphatic rings. The van der Waals surface area contributed by atoms with Crippen LogP contribution in [0.3, 0.4) is 0 Å². The molecule has 4 aromatic rings. The number of benzene rings is 1. The second-order valence-corrected chi connectivity index (χ2v) is 10.3. The van der Waals surface area contributed by atoms with Crippen LogP contribution in [0.25, 0.3) is 21.6 Å². The summed E-state index contributed by atoms with van der Waals surface area (Å²) in [6.45, 7) is 6.57. The molecule has 1 saturated carbocycles. The highest BCUT2D eigenvalue weighted by atomic mass is 32.2. The van der Waals surface area contributed by atoms with Crippen LogP contribution < -0.4 is 10.3 Å². The van der Waals surface area contributed by atoms with Gasteiger partial charge in [0.2, 0.25) is 11.7 Å². The van der Waals surface area contributed by atoms with Crippen LogP contribution in [0.5, 0.6) is 5.75 Å². The number of hydrogen-bond acceptors (Lipinski definition) is 8. The molecule has 0 radical (unpaired) electrons. The molecule has 0 bridgehead atoms. The van der Waals surface area contributed by atoms with Crippen molar-refractivity contribution in [1.82, 2.24) is 19.7 Å². The van der Waals surface area contributed by atoms with Crippen LogP contribution in [0, 0.1) is 13.8 Å². The van der Waals surface area contributed by atoms with Gasteiger partial charge in [0.05, 0.1) is 23.3 Å². The SMILES string of the molecule is CCOc1ccccc1-c1noc(CSc2nc3sc(C)c(C)c3c(=O)n2C2CCCC2)n1. The summed E-state index contributed by atoms with van der Waals surface area (Å²) in [6.07, 6.45) is 4.32. The Hall–Kier alpha value is -2.65. The fraction of sp³-hybridized carbons (Fsp3) is 0.417. The van der Waals surface area contributed by atoms with Crippen LogP contribution >= 0.6 is 23.1 Å². The molecule has 7 nitrogen and oxygen atoms in total. The second-order valence-electron chi connectivity index (χ2n) is 8.20. The quantitative estimate of drug-likeness (QED) is 0.238. The van der Waals surface area contributed by atoms with Gasteiger partial charge < -0.3 is 9.26 Å². The lowest BCUT2D eigenvalue weighted by Gasteiger charge is -2.17. The van der Waals surface area contributed by atoms with E-state index < -0.39 is 0 Å². The topological polar surface area (TPSA) is 83.0 Å². The van der Waals surface area contributed by atoms with E-state index in [4.69, 9.17) is 14.2 Å². The van der Waals surface area contributed by atoms with Gasteiger partial charge in [0.1, 0.15) is 10.6 Å². The number of aryl methyl sites for hydroxylation is 2. The Kier molecular flexibility index (Phi) is 6.25. The number of rotatable bonds is 7. The fourth-order valence-electron chi connectivity index (χ4n) is 4.36. The summed E-state index contributed by atoms with van der Waals surface area (Å²) >= 11 is 3.07. The molecule has 0 aliphatic heterocycles. The summed E-state index contributed by atoms with van der Waals surface area (Å²) in [6, 6.07) is 7.86. The third kappa shape index (κ3) is 4.19. The van der Waals surface area contributed by atoms with Gasteiger partial charge in [-0.2, -0.15) is 4.98 Å². The number of aromatic nitrogens is 4. The van der Waals surface area contributed by atoms with E-state index in [1.807, 2.05) is 49.6 Å². The third-order valence-corrected chi connectivity index (χ3v) is 8.15. The Morgan fingerprint density at radius 3 is 2.79 bits per heavy atom. The molecular formula is C24H26N4O3S2. The Morgan fingerprint density at radius 2 is 2.00 bits per heavy atom. The maximum absolute atomic E-state index is 13.5. The van der Waals surface area contributed by atoms with Crippen molar-refractivity contribution >= 4 is 33.3 Å². The zero-order valence-corrected chi connectivity index (χ0v) is 20.6. The van der Waals surface area contributed by atoms with Gasteiger partial charge in [-0.1, -0.05) is 41.9 Å². The van der Waals surface area contributed by atoms with Crippen LogP contribution in [0.1, 0.15) is 55.0 Å². The van der Waals surface area contributed by atoms with Gasteiger partial charge in [-0.3, -0.25) is 9.36 Å². The van der Waals surface area contributed by atoms with E-state index >= 15 is 0 Å². The Bertz CT molecular complexity index is 1350. The number of fused-ring (bicyclic) bond motifs is 1. The Morgan fingerprint density at radius 1 is 1.21 bits per heavy atom. The molecule has 0 unspecified atom stereocenters. The highest BCUT2D eigenvalue weighted by Gasteiger charge is 2.25. The molecule has 0 N–H and O–H groups in total. The van der Waals surface area contributed by atoms with Crippen molar-refractivity contribution in [1.29, 1.82) is 0 Å². The predicted molar refractivity (Wildman–Crippen MR) is 131 cm³/mol. The number of ether oxygens (including phenoxy) is 1. The lowest BCUT2D eigenvalue weighted by Crippen LogP contribution is -2.26. The van der Waals surface area contributed by atoms with E-state index in [0.29, 0.717) is 24.1 Å². The van der Waals surface area contributed by atoms with Gasteiger partial charge in [0.25, 0.3) is 5.56 Å². The molecule has 0 spiro atoms. The average Bonchev–Trinajstić information content (AvgIpc) is 3.55. The molecule has 33 heavy (non-hydrogen) atoms. The van der Waals surface area contributed by atoms with E-state index in [2.05, 4.69) is 10.1 Å². The van der Waals surface area contributed by atoms with Crippen molar-refractivity contribution < 1.29 is 9.26 Å². The van der Waals surface area contributed by atoms with Gasteiger partial charge in [-0.25, -0.2) is 4.98 Å². The van der Waals surface area contributed by atoms with Crippen LogP contribution in [-0.4, -0.2) is 26.3 Å².